The van der Waals surface area contributed by atoms with Gasteiger partial charge in [-0.15, -0.1) is 0 Å². The van der Waals surface area contributed by atoms with E-state index < -0.39 is 101 Å². The number of esters is 1. The summed E-state index contributed by atoms with van der Waals surface area (Å²) < 4.78 is 51.7. The van der Waals surface area contributed by atoms with E-state index in [-0.39, 0.29) is 102 Å². The van der Waals surface area contributed by atoms with Gasteiger partial charge in [-0.2, -0.15) is 0 Å². The minimum absolute atomic E-state index is 0.00577. The Morgan fingerprint density at radius 3 is 1.82 bits per heavy atom. The van der Waals surface area contributed by atoms with Crippen molar-refractivity contribution < 1.29 is 66.6 Å². The topological polar surface area (TPSA) is 285 Å². The Labute approximate surface area is 453 Å². The lowest BCUT2D eigenvalue weighted by atomic mass is 9.89. The number of halogens is 4. The van der Waals surface area contributed by atoms with Crippen molar-refractivity contribution in [2.24, 2.45) is 28.9 Å². The number of nitrogens with zero attached hydrogens (tertiary/aromatic N) is 6. The first kappa shape index (κ1) is 53.8. The molecule has 414 valence electrons. The molecule has 0 radical (unpaired) electrons. The summed E-state index contributed by atoms with van der Waals surface area (Å²) in [5.74, 6) is -5.04. The number of amides is 4. The Morgan fingerprint density at radius 2 is 1.35 bits per heavy atom. The molecule has 21 nitrogen and oxygen atoms in total. The highest BCUT2D eigenvalue weighted by molar-refractivity contribution is 7.46. The average Bonchev–Trinajstić information content (AvgIpc) is 3.73. The van der Waals surface area contributed by atoms with Crippen LogP contribution in [0.2, 0.25) is 10.0 Å². The van der Waals surface area contributed by atoms with Gasteiger partial charge in [0, 0.05) is 55.7 Å². The molecule has 2 spiro atoms. The molecule has 6 N–H and O–H groups in total. The van der Waals surface area contributed by atoms with E-state index in [0.717, 1.165) is 12.8 Å². The molecule has 2 aromatic heterocycles. The molecule has 4 aliphatic heterocycles. The number of phosphoric acid groups is 1. The third-order valence-electron chi connectivity index (χ3n) is 17.5. The second-order valence-corrected chi connectivity index (χ2v) is 23.9. The number of hydrogen-bond acceptors (Lipinski definition) is 13. The van der Waals surface area contributed by atoms with Crippen LogP contribution in [-0.2, 0) is 55.9 Å². The zero-order valence-electron chi connectivity index (χ0n) is 42.3. The number of aromatic hydroxyl groups is 2. The van der Waals surface area contributed by atoms with E-state index in [0.29, 0.717) is 48.3 Å². The van der Waals surface area contributed by atoms with E-state index in [1.165, 1.54) is 74.2 Å². The molecular weight excluding hydrogens is 1090 g/mol. The molecular formula is C52H54Cl2F2N7O14P. The zero-order chi connectivity index (χ0) is 56.0. The summed E-state index contributed by atoms with van der Waals surface area (Å²) in [5, 5.41) is 22.0. The van der Waals surface area contributed by atoms with Gasteiger partial charge in [0.05, 0.1) is 34.3 Å². The van der Waals surface area contributed by atoms with E-state index in [9.17, 15) is 66.9 Å². The second kappa shape index (κ2) is 18.7. The van der Waals surface area contributed by atoms with Crippen LogP contribution >= 0.6 is 31.0 Å². The van der Waals surface area contributed by atoms with Gasteiger partial charge in [0.15, 0.2) is 11.5 Å². The van der Waals surface area contributed by atoms with Crippen molar-refractivity contribution in [2.75, 3.05) is 33.3 Å². The summed E-state index contributed by atoms with van der Waals surface area (Å²) >= 11 is 11.8. The number of ether oxygens (including phenoxy) is 1. The highest BCUT2D eigenvalue weighted by Gasteiger charge is 2.77. The van der Waals surface area contributed by atoms with Gasteiger partial charge < -0.3 is 50.1 Å². The first-order valence-corrected chi connectivity index (χ1v) is 27.8. The summed E-state index contributed by atoms with van der Waals surface area (Å²) in [6.07, 6.45) is 3.32. The molecule has 4 aromatic rings. The van der Waals surface area contributed by atoms with E-state index in [4.69, 9.17) is 38.2 Å². The average molecular weight is 1140 g/mol. The van der Waals surface area contributed by atoms with E-state index in [1.807, 2.05) is 0 Å². The quantitative estimate of drug-likeness (QED) is 0.102. The lowest BCUT2D eigenvalue weighted by Gasteiger charge is -2.42. The van der Waals surface area contributed by atoms with Gasteiger partial charge >= 0.3 is 13.8 Å². The molecule has 2 aromatic carbocycles. The monoisotopic (exact) mass is 1140 g/mol. The third-order valence-corrected chi connectivity index (χ3v) is 18.6. The van der Waals surface area contributed by atoms with Gasteiger partial charge in [0.25, 0.3) is 34.7 Å². The third kappa shape index (κ3) is 8.03. The summed E-state index contributed by atoms with van der Waals surface area (Å²) in [5.41, 5.74) is 2.20. The van der Waals surface area contributed by atoms with Crippen molar-refractivity contribution >= 4 is 60.6 Å². The van der Waals surface area contributed by atoms with Gasteiger partial charge in [-0.25, -0.2) is 13.3 Å². The number of aromatic nitrogens is 2. The van der Waals surface area contributed by atoms with Crippen molar-refractivity contribution in [3.05, 3.63) is 124 Å². The highest BCUT2D eigenvalue weighted by Crippen LogP contribution is 2.74. The summed E-state index contributed by atoms with van der Waals surface area (Å²) in [4.78, 5) is 119. The molecule has 78 heavy (non-hydrogen) atoms. The van der Waals surface area contributed by atoms with Crippen LogP contribution in [0.4, 0.5) is 8.78 Å². The van der Waals surface area contributed by atoms with Crippen molar-refractivity contribution in [1.29, 1.82) is 0 Å². The van der Waals surface area contributed by atoms with Gasteiger partial charge in [0.1, 0.15) is 46.5 Å². The standard InChI is InChI=1S/C28H30ClFN4O6.C24H24ClFN3O8P/c1-13(40-27(39)14(2)31)11-33-25(37)22-17-6-8-32(12-15-3-4-20(30)19(29)9-15)24(36)21(17)23(35)26(38)34(22)28(33)7-5-16-10-18(16)28;1-27-21(32)18-14-5-7-28(10-12-2-3-16(26)15(25)8-12)20(31)17(14)19(30)22(33)29(18)24(27)6-4-13-9-23(13,24)11-37-38(34,35)36/h3-4,9,13-14,16,18,35H,5-8,10-12,31H2,1-2H3;2-3,8,13,30H,4-7,9-11H2,1H3,(H2,34,35,36)/t13-,14-,16-,18+,28+;13-,23-,24+/m01/s1. The van der Waals surface area contributed by atoms with Crippen molar-refractivity contribution in [2.45, 2.75) is 102 Å². The van der Waals surface area contributed by atoms with Crippen LogP contribution in [-0.4, -0.2) is 124 Å². The SMILES string of the molecule is CN1C(=O)c2c3c(c(O)c(=O)n2[C@]12CC[C@@H]1C[C@@]12COP(=O)(O)O)C(=O)N(Cc1ccc(F)c(Cl)c1)CC3.C[C@H](N)C(=O)O[C@@H](C)CN1C(=O)c2c3c(c(O)c(=O)n2[C@@]12CC[C@H]1C[C@H]12)C(=O)N(Cc1ccc(F)c(Cl)c1)CC3. The molecule has 4 saturated carbocycles. The van der Waals surface area contributed by atoms with Gasteiger partial charge in [-0.3, -0.25) is 47.2 Å². The fourth-order valence-corrected chi connectivity index (χ4v) is 14.6. The predicted octanol–water partition coefficient (Wildman–Crippen LogP) is 4.56. The minimum atomic E-state index is -4.82. The van der Waals surface area contributed by atoms with Gasteiger partial charge in [-0.05, 0) is 112 Å². The van der Waals surface area contributed by atoms with Crippen LogP contribution in [0.1, 0.15) is 116 Å². The Bertz CT molecular complexity index is 3520. The molecule has 4 amide bonds. The number of rotatable bonds is 11. The van der Waals surface area contributed by atoms with Gasteiger partial charge in [-0.1, -0.05) is 35.3 Å². The van der Waals surface area contributed by atoms with Crippen LogP contribution in [0.5, 0.6) is 11.5 Å². The number of phosphoric ester groups is 1. The lowest BCUT2D eigenvalue weighted by molar-refractivity contribution is -0.151. The van der Waals surface area contributed by atoms with Crippen LogP contribution in [0.15, 0.2) is 46.0 Å². The number of fused-ring (bicyclic) bond motifs is 12. The molecule has 12 rings (SSSR count). The number of carbonyl (C=O) groups is 5. The Morgan fingerprint density at radius 1 is 0.808 bits per heavy atom. The van der Waals surface area contributed by atoms with E-state index >= 15 is 0 Å². The lowest BCUT2D eigenvalue weighted by Crippen LogP contribution is -2.54. The fraction of sp³-hybridized carbons (Fsp3) is 0.481. The number of pyridine rings is 2. The summed E-state index contributed by atoms with van der Waals surface area (Å²) in [7, 11) is -3.30. The largest absolute Gasteiger partial charge is 0.502 e. The number of hydrogen-bond donors (Lipinski definition) is 5. The van der Waals surface area contributed by atoms with E-state index in [1.54, 1.807) is 11.8 Å². The summed E-state index contributed by atoms with van der Waals surface area (Å²) in [6.45, 7) is 3.40. The van der Waals surface area contributed by atoms with Crippen molar-refractivity contribution in [3.8, 4) is 11.5 Å². The van der Waals surface area contributed by atoms with Crippen LogP contribution in [0.3, 0.4) is 0 Å². The Kier molecular flexibility index (Phi) is 12.9. The van der Waals surface area contributed by atoms with Crippen molar-refractivity contribution in [3.63, 3.8) is 0 Å². The number of carbonyl (C=O) groups excluding carboxylic acids is 5. The fourth-order valence-electron chi connectivity index (χ4n) is 13.8. The Balaban J connectivity index is 0.000000166. The van der Waals surface area contributed by atoms with E-state index in [2.05, 4.69) is 0 Å². The molecule has 8 atom stereocenters. The highest BCUT2D eigenvalue weighted by atomic mass is 35.5. The maximum Gasteiger partial charge on any atom is 0.469 e. The molecule has 6 heterocycles. The Hall–Kier alpha value is -6.20. The maximum absolute atomic E-state index is 14.1. The smallest absolute Gasteiger partial charge is 0.469 e. The van der Waals surface area contributed by atoms with Gasteiger partial charge in [0.2, 0.25) is 0 Å². The normalized spacial score (nSPS) is 26.8. The predicted molar refractivity (Wildman–Crippen MR) is 271 cm³/mol. The molecule has 4 fully saturated rings. The molecule has 8 aliphatic rings. The molecule has 4 aliphatic carbocycles. The van der Waals surface area contributed by atoms with Crippen LogP contribution in [0, 0.1) is 34.8 Å². The first-order valence-electron chi connectivity index (χ1n) is 25.5. The second-order valence-electron chi connectivity index (χ2n) is 21.8. The molecule has 26 heteroatoms. The minimum Gasteiger partial charge on any atom is -0.502 e. The van der Waals surface area contributed by atoms with Crippen molar-refractivity contribution in [1.82, 2.24) is 28.7 Å². The number of nitrogens with two attached hydrogens (primary N) is 1. The summed E-state index contributed by atoms with van der Waals surface area (Å²) in [6, 6.07) is 7.38. The number of benzene rings is 2. The zero-order valence-corrected chi connectivity index (χ0v) is 44.7. The van der Waals surface area contributed by atoms with Crippen LogP contribution in [0.25, 0.3) is 0 Å². The molecule has 0 bridgehead atoms. The molecule has 0 unspecified atom stereocenters. The first-order chi connectivity index (χ1) is 36.8. The molecule has 0 saturated heterocycles. The maximum atomic E-state index is 14.1. The van der Waals surface area contributed by atoms with Crippen LogP contribution < -0.4 is 16.9 Å².